The average molecular weight is 451 g/mol. The summed E-state index contributed by atoms with van der Waals surface area (Å²) in [5.41, 5.74) is 4.22. The summed E-state index contributed by atoms with van der Waals surface area (Å²) in [5.74, 6) is -2.76. The molecule has 2 aromatic carbocycles. The summed E-state index contributed by atoms with van der Waals surface area (Å²) in [6, 6.07) is 16.8. The molecule has 3 aromatic rings. The molecule has 4 rings (SSSR count). The van der Waals surface area contributed by atoms with E-state index in [2.05, 4.69) is 51.7 Å². The fraction of sp³-hybridized carbons (Fsp3) is 0.364. The number of aromatic amines is 2. The van der Waals surface area contributed by atoms with Gasteiger partial charge in [-0.2, -0.15) is 13.2 Å². The number of benzene rings is 2. The molecule has 172 valence electrons. The second-order valence-corrected chi connectivity index (χ2v) is 7.62. The second kappa shape index (κ2) is 10.0. The van der Waals surface area contributed by atoms with Crippen molar-refractivity contribution in [2.24, 2.45) is 0 Å². The Morgan fingerprint density at radius 3 is 2.31 bits per heavy atom. The topological polar surface area (TPSA) is 107 Å². The van der Waals surface area contributed by atoms with E-state index in [1.54, 1.807) is 0 Å². The number of aliphatic carboxylic acids is 1. The van der Waals surface area contributed by atoms with Crippen molar-refractivity contribution in [3.8, 4) is 0 Å². The van der Waals surface area contributed by atoms with Crippen LogP contribution in [0.3, 0.4) is 0 Å². The highest BCUT2D eigenvalue weighted by molar-refractivity contribution is 5.75. The first-order valence-corrected chi connectivity index (χ1v) is 10.0. The minimum absolute atomic E-state index is 0.131. The lowest BCUT2D eigenvalue weighted by atomic mass is 9.74. The lowest BCUT2D eigenvalue weighted by Gasteiger charge is -2.38. The number of fused-ring (bicyclic) bond motifs is 1. The number of hydrogen-bond acceptors (Lipinski definition) is 4. The van der Waals surface area contributed by atoms with Crippen molar-refractivity contribution in [3.05, 3.63) is 70.1 Å². The summed E-state index contributed by atoms with van der Waals surface area (Å²) < 4.78 is 37.3. The van der Waals surface area contributed by atoms with Gasteiger partial charge in [-0.15, -0.1) is 0 Å². The van der Waals surface area contributed by atoms with E-state index in [0.29, 0.717) is 0 Å². The summed E-state index contributed by atoms with van der Waals surface area (Å²) in [6.45, 7) is 3.32. The van der Waals surface area contributed by atoms with E-state index in [1.165, 1.54) is 5.56 Å². The number of imidazole rings is 1. The summed E-state index contributed by atoms with van der Waals surface area (Å²) in [5, 5.41) is 10.7. The van der Waals surface area contributed by atoms with Crippen molar-refractivity contribution in [1.29, 1.82) is 0 Å². The van der Waals surface area contributed by atoms with Crippen molar-refractivity contribution in [2.75, 3.05) is 19.8 Å². The summed E-state index contributed by atoms with van der Waals surface area (Å²) in [7, 11) is 0. The van der Waals surface area contributed by atoms with Crippen LogP contribution in [0.5, 0.6) is 0 Å². The maximum absolute atomic E-state index is 11.4. The van der Waals surface area contributed by atoms with E-state index in [1.807, 2.05) is 12.1 Å². The third-order valence-electron chi connectivity index (χ3n) is 5.45. The Bertz CT molecular complexity index is 1090. The maximum atomic E-state index is 11.4. The predicted octanol–water partition coefficient (Wildman–Crippen LogP) is 3.33. The van der Waals surface area contributed by atoms with Crippen LogP contribution in [0.25, 0.3) is 11.0 Å². The van der Waals surface area contributed by atoms with Crippen LogP contribution in [-0.2, 0) is 21.5 Å². The Labute approximate surface area is 181 Å². The Balaban J connectivity index is 0.000000360. The van der Waals surface area contributed by atoms with E-state index >= 15 is 0 Å². The monoisotopic (exact) mass is 451 g/mol. The van der Waals surface area contributed by atoms with Gasteiger partial charge in [-0.05, 0) is 36.1 Å². The lowest BCUT2D eigenvalue weighted by molar-refractivity contribution is -0.192. The van der Waals surface area contributed by atoms with Crippen molar-refractivity contribution < 1.29 is 27.8 Å². The van der Waals surface area contributed by atoms with Gasteiger partial charge in [0.2, 0.25) is 0 Å². The summed E-state index contributed by atoms with van der Waals surface area (Å²) in [6.07, 6.45) is -3.01. The number of H-pyrrole nitrogens is 2. The van der Waals surface area contributed by atoms with Crippen LogP contribution in [0.2, 0.25) is 0 Å². The summed E-state index contributed by atoms with van der Waals surface area (Å²) >= 11 is 0. The van der Waals surface area contributed by atoms with E-state index in [0.717, 1.165) is 55.7 Å². The molecule has 10 heteroatoms. The molecule has 0 bridgehead atoms. The Morgan fingerprint density at radius 2 is 1.69 bits per heavy atom. The average Bonchev–Trinajstić information content (AvgIpc) is 3.14. The molecule has 1 saturated heterocycles. The molecule has 7 nitrogen and oxygen atoms in total. The third kappa shape index (κ3) is 5.98. The molecule has 1 fully saturated rings. The zero-order valence-electron chi connectivity index (χ0n) is 17.2. The van der Waals surface area contributed by atoms with Crippen LogP contribution in [-0.4, -0.2) is 47.0 Å². The first-order chi connectivity index (χ1) is 15.2. The van der Waals surface area contributed by atoms with Crippen LogP contribution in [0, 0.1) is 0 Å². The number of nitrogens with one attached hydrogen (secondary N) is 3. The zero-order chi connectivity index (χ0) is 23.2. The fourth-order valence-electron chi connectivity index (χ4n) is 3.76. The van der Waals surface area contributed by atoms with Gasteiger partial charge in [0.15, 0.2) is 0 Å². The smallest absolute Gasteiger partial charge is 0.475 e. The quantitative estimate of drug-likeness (QED) is 0.476. The van der Waals surface area contributed by atoms with Crippen LogP contribution in [0.1, 0.15) is 24.0 Å². The van der Waals surface area contributed by atoms with Crippen LogP contribution in [0.15, 0.2) is 53.3 Å². The molecule has 1 aliphatic rings. The van der Waals surface area contributed by atoms with Crippen LogP contribution in [0.4, 0.5) is 13.2 Å². The summed E-state index contributed by atoms with van der Waals surface area (Å²) in [4.78, 5) is 25.9. The van der Waals surface area contributed by atoms with Crippen molar-refractivity contribution in [2.45, 2.75) is 31.0 Å². The molecule has 4 N–H and O–H groups in total. The molecule has 1 aromatic heterocycles. The van der Waals surface area contributed by atoms with Gasteiger partial charge < -0.3 is 25.1 Å². The number of carboxylic acid groups (broad SMARTS) is 1. The minimum Gasteiger partial charge on any atom is -0.475 e. The fourth-order valence-corrected chi connectivity index (χ4v) is 3.76. The minimum atomic E-state index is -5.08. The molecule has 0 saturated carbocycles. The zero-order valence-corrected chi connectivity index (χ0v) is 17.2. The number of hydrogen-bond donors (Lipinski definition) is 4. The number of halogens is 3. The van der Waals surface area contributed by atoms with Gasteiger partial charge >= 0.3 is 17.8 Å². The molecular formula is C22H24F3N3O4. The van der Waals surface area contributed by atoms with Gasteiger partial charge in [-0.25, -0.2) is 9.59 Å². The number of carbonyl (C=O) groups is 1. The van der Waals surface area contributed by atoms with Gasteiger partial charge in [0.1, 0.15) is 0 Å². The van der Waals surface area contributed by atoms with E-state index in [9.17, 15) is 18.0 Å². The number of rotatable bonds is 5. The first-order valence-electron chi connectivity index (χ1n) is 10.0. The molecule has 1 aliphatic heterocycles. The molecule has 0 radical (unpaired) electrons. The van der Waals surface area contributed by atoms with Gasteiger partial charge in [-0.3, -0.25) is 0 Å². The standard InChI is InChI=1S/C20H23N3O2.C2HF3O2/c24-19-22-17-7-6-15(12-18(17)23-19)13-21-14-20(8-10-25-11-9-20)16-4-2-1-3-5-16;3-2(4,5)1(6)7/h1-7,12,21H,8-11,13-14H2,(H2,22,23,24);(H,6,7). The number of alkyl halides is 3. The lowest BCUT2D eigenvalue weighted by Crippen LogP contribution is -2.42. The number of ether oxygens (including phenoxy) is 1. The maximum Gasteiger partial charge on any atom is 0.490 e. The molecule has 0 spiro atoms. The van der Waals surface area contributed by atoms with Crippen molar-refractivity contribution in [1.82, 2.24) is 15.3 Å². The highest BCUT2D eigenvalue weighted by atomic mass is 19.4. The predicted molar refractivity (Wildman–Crippen MR) is 112 cm³/mol. The molecule has 0 atom stereocenters. The largest absolute Gasteiger partial charge is 0.490 e. The molecule has 2 heterocycles. The Morgan fingerprint density at radius 1 is 1.06 bits per heavy atom. The Hall–Kier alpha value is -3.11. The van der Waals surface area contributed by atoms with Crippen molar-refractivity contribution >= 4 is 17.0 Å². The van der Waals surface area contributed by atoms with Crippen molar-refractivity contribution in [3.63, 3.8) is 0 Å². The molecule has 32 heavy (non-hydrogen) atoms. The van der Waals surface area contributed by atoms with Crippen LogP contribution < -0.4 is 11.0 Å². The van der Waals surface area contributed by atoms with Crippen LogP contribution >= 0.6 is 0 Å². The Kier molecular flexibility index (Phi) is 7.37. The molecule has 0 unspecified atom stereocenters. The molecule has 0 aliphatic carbocycles. The third-order valence-corrected chi connectivity index (χ3v) is 5.45. The van der Waals surface area contributed by atoms with Gasteiger partial charge in [-0.1, -0.05) is 36.4 Å². The molecular weight excluding hydrogens is 427 g/mol. The van der Waals surface area contributed by atoms with Gasteiger partial charge in [0.25, 0.3) is 0 Å². The SMILES string of the molecule is O=C(O)C(F)(F)F.O=c1[nH]c2ccc(CNCC3(c4ccccc4)CCOCC3)cc2[nH]1. The van der Waals surface area contributed by atoms with E-state index < -0.39 is 12.1 Å². The number of aromatic nitrogens is 2. The highest BCUT2D eigenvalue weighted by Crippen LogP contribution is 2.34. The normalized spacial score (nSPS) is 15.7. The second-order valence-electron chi connectivity index (χ2n) is 7.62. The molecule has 0 amide bonds. The highest BCUT2D eigenvalue weighted by Gasteiger charge is 2.38. The van der Waals surface area contributed by atoms with Gasteiger partial charge in [0.05, 0.1) is 11.0 Å². The first kappa shape index (κ1) is 23.6. The van der Waals surface area contributed by atoms with Gasteiger partial charge in [0, 0.05) is 31.7 Å². The van der Waals surface area contributed by atoms with E-state index in [-0.39, 0.29) is 11.1 Å². The van der Waals surface area contributed by atoms with E-state index in [4.69, 9.17) is 14.6 Å². The number of carboxylic acids is 1.